The molecule has 176 valence electrons. The molecule has 0 atom stereocenters. The first-order valence-electron chi connectivity index (χ1n) is 8.79. The van der Waals surface area contributed by atoms with Crippen LogP contribution in [0.15, 0.2) is 32.3 Å². The van der Waals surface area contributed by atoms with Gasteiger partial charge in [0.1, 0.15) is 17.6 Å². The van der Waals surface area contributed by atoms with Crippen LogP contribution >= 0.6 is 15.9 Å². The standard InChI is InChI=1S/C19H14BrF4N3O6/c1-18(2,16(30)32-5-4-25)33-15(29)9-6-12(11(21)7-10(9)20)27-14(28)8-13(19(22,23)24)26(3)17(27)31/h6-8H,5H2,1-3H3. The van der Waals surface area contributed by atoms with Gasteiger partial charge in [-0.3, -0.25) is 9.36 Å². The number of carbonyl (C=O) groups excluding carboxylic acids is 2. The summed E-state index contributed by atoms with van der Waals surface area (Å²) in [4.78, 5) is 49.3. The molecule has 0 bridgehead atoms. The third kappa shape index (κ3) is 5.30. The summed E-state index contributed by atoms with van der Waals surface area (Å²) in [5.74, 6) is -3.51. The molecule has 33 heavy (non-hydrogen) atoms. The van der Waals surface area contributed by atoms with E-state index in [0.29, 0.717) is 12.1 Å². The second kappa shape index (κ2) is 9.18. The molecule has 2 aromatic rings. The van der Waals surface area contributed by atoms with Crippen molar-refractivity contribution in [2.24, 2.45) is 7.05 Å². The van der Waals surface area contributed by atoms with Crippen molar-refractivity contribution in [2.45, 2.75) is 25.6 Å². The normalized spacial score (nSPS) is 11.6. The lowest BCUT2D eigenvalue weighted by Crippen LogP contribution is -2.41. The van der Waals surface area contributed by atoms with Crippen molar-refractivity contribution in [1.82, 2.24) is 9.13 Å². The second-order valence-corrected chi connectivity index (χ2v) is 7.81. The Morgan fingerprint density at radius 2 is 1.79 bits per heavy atom. The number of nitriles is 1. The Kier molecular flexibility index (Phi) is 7.17. The van der Waals surface area contributed by atoms with Gasteiger partial charge >= 0.3 is 23.8 Å². The lowest BCUT2D eigenvalue weighted by Gasteiger charge is -2.23. The molecule has 0 saturated carbocycles. The highest BCUT2D eigenvalue weighted by atomic mass is 79.9. The summed E-state index contributed by atoms with van der Waals surface area (Å²) < 4.78 is 63.4. The number of halogens is 5. The van der Waals surface area contributed by atoms with Crippen LogP contribution in [0.25, 0.3) is 5.69 Å². The molecule has 0 radical (unpaired) electrons. The largest absolute Gasteiger partial charge is 0.447 e. The number of carbonyl (C=O) groups is 2. The van der Waals surface area contributed by atoms with E-state index in [0.717, 1.165) is 20.9 Å². The van der Waals surface area contributed by atoms with Gasteiger partial charge in [-0.25, -0.2) is 23.3 Å². The monoisotopic (exact) mass is 535 g/mol. The number of alkyl halides is 3. The molecule has 1 aromatic heterocycles. The zero-order chi connectivity index (χ0) is 25.3. The molecular formula is C19H14BrF4N3O6. The minimum absolute atomic E-state index is 0.106. The Morgan fingerprint density at radius 3 is 2.33 bits per heavy atom. The Bertz CT molecular complexity index is 1290. The highest BCUT2D eigenvalue weighted by Crippen LogP contribution is 2.28. The maximum absolute atomic E-state index is 14.6. The average molecular weight is 536 g/mol. The number of hydrogen-bond donors (Lipinski definition) is 0. The highest BCUT2D eigenvalue weighted by molar-refractivity contribution is 9.10. The number of aromatic nitrogens is 2. The van der Waals surface area contributed by atoms with E-state index >= 15 is 0 Å². The van der Waals surface area contributed by atoms with Gasteiger partial charge in [0.05, 0.1) is 11.3 Å². The molecule has 0 fully saturated rings. The van der Waals surface area contributed by atoms with Crippen LogP contribution in [-0.2, 0) is 27.5 Å². The van der Waals surface area contributed by atoms with E-state index in [1.54, 1.807) is 6.07 Å². The van der Waals surface area contributed by atoms with Gasteiger partial charge in [-0.05, 0) is 41.9 Å². The van der Waals surface area contributed by atoms with Gasteiger partial charge < -0.3 is 9.47 Å². The molecule has 0 N–H and O–H groups in total. The number of nitrogens with zero attached hydrogens (tertiary/aromatic N) is 3. The fourth-order valence-corrected chi connectivity index (χ4v) is 3.06. The van der Waals surface area contributed by atoms with Crippen LogP contribution in [0.1, 0.15) is 29.9 Å². The maximum Gasteiger partial charge on any atom is 0.431 e. The van der Waals surface area contributed by atoms with Crippen molar-refractivity contribution < 1.29 is 36.6 Å². The van der Waals surface area contributed by atoms with E-state index < -0.39 is 64.3 Å². The number of ether oxygens (including phenoxy) is 2. The van der Waals surface area contributed by atoms with Crippen LogP contribution in [0.3, 0.4) is 0 Å². The van der Waals surface area contributed by atoms with Crippen molar-refractivity contribution >= 4 is 27.9 Å². The summed E-state index contributed by atoms with van der Waals surface area (Å²) in [6.45, 7) is 1.70. The smallest absolute Gasteiger partial charge is 0.431 e. The quantitative estimate of drug-likeness (QED) is 0.426. The number of esters is 2. The minimum atomic E-state index is -5.02. The molecular weight excluding hydrogens is 522 g/mol. The van der Waals surface area contributed by atoms with Crippen LogP contribution < -0.4 is 11.2 Å². The predicted molar refractivity (Wildman–Crippen MR) is 106 cm³/mol. The molecule has 9 nitrogen and oxygen atoms in total. The summed E-state index contributed by atoms with van der Waals surface area (Å²) in [6.07, 6.45) is -5.02. The molecule has 0 aliphatic rings. The second-order valence-electron chi connectivity index (χ2n) is 6.96. The third-order valence-corrected chi connectivity index (χ3v) is 4.87. The molecule has 1 aromatic carbocycles. The molecule has 0 aliphatic carbocycles. The van der Waals surface area contributed by atoms with Crippen LogP contribution in [0, 0.1) is 17.1 Å². The number of hydrogen-bond acceptors (Lipinski definition) is 7. The molecule has 0 saturated heterocycles. The topological polar surface area (TPSA) is 120 Å². The van der Waals surface area contributed by atoms with Crippen molar-refractivity contribution in [2.75, 3.05) is 6.61 Å². The Morgan fingerprint density at radius 1 is 1.18 bits per heavy atom. The molecule has 0 aliphatic heterocycles. The molecule has 0 amide bonds. The van der Waals surface area contributed by atoms with E-state index in [9.17, 15) is 36.7 Å². The first kappa shape index (κ1) is 25.8. The molecule has 0 unspecified atom stereocenters. The lowest BCUT2D eigenvalue weighted by molar-refractivity contribution is -0.161. The summed E-state index contributed by atoms with van der Waals surface area (Å²) in [6, 6.07) is 3.06. The van der Waals surface area contributed by atoms with E-state index in [1.165, 1.54) is 0 Å². The third-order valence-electron chi connectivity index (χ3n) is 4.22. The van der Waals surface area contributed by atoms with Crippen LogP contribution in [0.2, 0.25) is 0 Å². The molecule has 14 heteroatoms. The Balaban J connectivity index is 2.59. The van der Waals surface area contributed by atoms with Gasteiger partial charge in [0, 0.05) is 17.6 Å². The van der Waals surface area contributed by atoms with E-state index in [1.807, 2.05) is 0 Å². The summed E-state index contributed by atoms with van der Waals surface area (Å²) in [7, 11) is 0.738. The minimum Gasteiger partial charge on any atom is -0.447 e. The van der Waals surface area contributed by atoms with Gasteiger partial charge in [0.15, 0.2) is 6.61 Å². The fraction of sp³-hybridized carbons (Fsp3) is 0.316. The number of rotatable bonds is 5. The van der Waals surface area contributed by atoms with Crippen LogP contribution in [0.4, 0.5) is 17.6 Å². The molecule has 2 rings (SSSR count). The molecule has 0 spiro atoms. The van der Waals surface area contributed by atoms with Gasteiger partial charge in [0.25, 0.3) is 5.56 Å². The van der Waals surface area contributed by atoms with Crippen molar-refractivity contribution in [3.05, 3.63) is 60.6 Å². The molecule has 1 heterocycles. The van der Waals surface area contributed by atoms with Crippen molar-refractivity contribution in [3.63, 3.8) is 0 Å². The lowest BCUT2D eigenvalue weighted by atomic mass is 10.1. The summed E-state index contributed by atoms with van der Waals surface area (Å²) in [5, 5.41) is 8.47. The summed E-state index contributed by atoms with van der Waals surface area (Å²) >= 11 is 2.91. The van der Waals surface area contributed by atoms with E-state index in [4.69, 9.17) is 10.00 Å². The SMILES string of the molecule is Cn1c(C(F)(F)F)cc(=O)n(-c2cc(C(=O)OC(C)(C)C(=O)OCC#N)c(Br)cc2F)c1=O. The van der Waals surface area contributed by atoms with Gasteiger partial charge in [-0.15, -0.1) is 0 Å². The average Bonchev–Trinajstić information content (AvgIpc) is 2.68. The Hall–Kier alpha value is -3.47. The first-order chi connectivity index (χ1) is 15.1. The Labute approximate surface area is 190 Å². The van der Waals surface area contributed by atoms with Crippen LogP contribution in [0.5, 0.6) is 0 Å². The van der Waals surface area contributed by atoms with Gasteiger partial charge in [0.2, 0.25) is 5.60 Å². The van der Waals surface area contributed by atoms with Gasteiger partial charge in [-0.2, -0.15) is 18.4 Å². The summed E-state index contributed by atoms with van der Waals surface area (Å²) in [5.41, 5.74) is -7.73. The highest BCUT2D eigenvalue weighted by Gasteiger charge is 2.36. The van der Waals surface area contributed by atoms with Crippen LogP contribution in [-0.4, -0.2) is 33.3 Å². The first-order valence-corrected chi connectivity index (χ1v) is 9.58. The number of benzene rings is 1. The zero-order valence-electron chi connectivity index (χ0n) is 17.1. The van der Waals surface area contributed by atoms with Gasteiger partial charge in [-0.1, -0.05) is 0 Å². The van der Waals surface area contributed by atoms with Crippen molar-refractivity contribution in [3.8, 4) is 11.8 Å². The predicted octanol–water partition coefficient (Wildman–Crippen LogP) is 2.46. The maximum atomic E-state index is 14.6. The zero-order valence-corrected chi connectivity index (χ0v) is 18.7. The fourth-order valence-electron chi connectivity index (χ4n) is 2.58. The van der Waals surface area contributed by atoms with E-state index in [-0.39, 0.29) is 19.7 Å². The van der Waals surface area contributed by atoms with E-state index in [2.05, 4.69) is 20.7 Å². The van der Waals surface area contributed by atoms with Crippen molar-refractivity contribution in [1.29, 1.82) is 5.26 Å².